The molecule has 5 heteroatoms. The van der Waals surface area contributed by atoms with E-state index in [4.69, 9.17) is 15.6 Å². The molecule has 0 heterocycles. The van der Waals surface area contributed by atoms with Crippen molar-refractivity contribution in [2.45, 2.75) is 39.2 Å². The number of carboxylic acids is 1. The first-order valence-corrected chi connectivity index (χ1v) is 5.98. The van der Waals surface area contributed by atoms with Gasteiger partial charge in [-0.05, 0) is 38.0 Å². The number of nitrogens with two attached hydrogens (primary N) is 1. The molecule has 0 fully saturated rings. The van der Waals surface area contributed by atoms with Crippen LogP contribution < -0.4 is 5.73 Å². The summed E-state index contributed by atoms with van der Waals surface area (Å²) in [6.45, 7) is 5.39. The third-order valence-corrected chi connectivity index (χ3v) is 2.32. The number of anilines is 1. The van der Waals surface area contributed by atoms with Gasteiger partial charge < -0.3 is 15.6 Å². The smallest absolute Gasteiger partial charge is 0.310 e. The topological polar surface area (TPSA) is 89.6 Å². The van der Waals surface area contributed by atoms with Crippen LogP contribution in [0, 0.1) is 0 Å². The van der Waals surface area contributed by atoms with Crippen LogP contribution in [-0.2, 0) is 27.2 Å². The predicted molar refractivity (Wildman–Crippen MR) is 71.7 cm³/mol. The second-order valence-corrected chi connectivity index (χ2v) is 5.37. The standard InChI is InChI=1S/C14H19NO4/c1-14(2,3)19-13(18)7-9-4-5-11(15)10(6-9)8-12(16)17/h4-6H,7-8,15H2,1-3H3,(H,16,17). The van der Waals surface area contributed by atoms with Crippen LogP contribution in [0.25, 0.3) is 0 Å². The van der Waals surface area contributed by atoms with Crippen LogP contribution in [0.2, 0.25) is 0 Å². The molecule has 5 nitrogen and oxygen atoms in total. The Balaban J connectivity index is 2.79. The first kappa shape index (κ1) is 15.0. The number of nitrogen functional groups attached to an aromatic ring is 1. The third-order valence-electron chi connectivity index (χ3n) is 2.32. The maximum Gasteiger partial charge on any atom is 0.310 e. The minimum Gasteiger partial charge on any atom is -0.481 e. The summed E-state index contributed by atoms with van der Waals surface area (Å²) in [4.78, 5) is 22.4. The van der Waals surface area contributed by atoms with Crippen molar-refractivity contribution in [3.8, 4) is 0 Å². The monoisotopic (exact) mass is 265 g/mol. The molecular formula is C14H19NO4. The zero-order chi connectivity index (χ0) is 14.6. The summed E-state index contributed by atoms with van der Waals surface area (Å²) in [6, 6.07) is 4.94. The average molecular weight is 265 g/mol. The van der Waals surface area contributed by atoms with Crippen LogP contribution in [0.1, 0.15) is 31.9 Å². The number of carbonyl (C=O) groups is 2. The molecule has 3 N–H and O–H groups in total. The number of carboxylic acid groups (broad SMARTS) is 1. The van der Waals surface area contributed by atoms with Gasteiger partial charge in [-0.25, -0.2) is 0 Å². The fourth-order valence-electron chi connectivity index (χ4n) is 1.63. The Kier molecular flexibility index (Phi) is 4.53. The Morgan fingerprint density at radius 3 is 2.42 bits per heavy atom. The number of rotatable bonds is 4. The molecule has 0 amide bonds. The number of hydrogen-bond acceptors (Lipinski definition) is 4. The van der Waals surface area contributed by atoms with Crippen molar-refractivity contribution >= 4 is 17.6 Å². The number of aliphatic carboxylic acids is 1. The minimum atomic E-state index is -0.957. The first-order chi connectivity index (χ1) is 8.67. The molecule has 0 radical (unpaired) electrons. The van der Waals surface area contributed by atoms with E-state index >= 15 is 0 Å². The molecule has 0 atom stereocenters. The number of benzene rings is 1. The molecule has 1 aromatic rings. The van der Waals surface area contributed by atoms with E-state index in [0.29, 0.717) is 16.8 Å². The SMILES string of the molecule is CC(C)(C)OC(=O)Cc1ccc(N)c(CC(=O)O)c1. The molecule has 0 unspecified atom stereocenters. The number of carbonyl (C=O) groups excluding carboxylic acids is 1. The highest BCUT2D eigenvalue weighted by molar-refractivity contribution is 5.75. The molecule has 0 aliphatic heterocycles. The number of ether oxygens (including phenoxy) is 1. The van der Waals surface area contributed by atoms with E-state index in [0.717, 1.165) is 0 Å². The van der Waals surface area contributed by atoms with Crippen LogP contribution in [0.5, 0.6) is 0 Å². The van der Waals surface area contributed by atoms with Crippen molar-refractivity contribution in [2.24, 2.45) is 0 Å². The van der Waals surface area contributed by atoms with Crippen molar-refractivity contribution in [3.05, 3.63) is 29.3 Å². The Hall–Kier alpha value is -2.04. The molecule has 0 aromatic heterocycles. The Morgan fingerprint density at radius 2 is 1.89 bits per heavy atom. The van der Waals surface area contributed by atoms with Crippen LogP contribution in [-0.4, -0.2) is 22.6 Å². The van der Waals surface area contributed by atoms with E-state index in [2.05, 4.69) is 0 Å². The molecule has 0 spiro atoms. The largest absolute Gasteiger partial charge is 0.481 e. The normalized spacial score (nSPS) is 11.1. The van der Waals surface area contributed by atoms with Gasteiger partial charge in [0.05, 0.1) is 12.8 Å². The van der Waals surface area contributed by atoms with Gasteiger partial charge in [0.15, 0.2) is 0 Å². The number of hydrogen-bond donors (Lipinski definition) is 2. The van der Waals surface area contributed by atoms with Gasteiger partial charge in [0.1, 0.15) is 5.60 Å². The first-order valence-electron chi connectivity index (χ1n) is 5.98. The van der Waals surface area contributed by atoms with Gasteiger partial charge in [0.2, 0.25) is 0 Å². The molecule has 0 saturated heterocycles. The van der Waals surface area contributed by atoms with Crippen LogP contribution in [0.15, 0.2) is 18.2 Å². The van der Waals surface area contributed by atoms with Gasteiger partial charge in [-0.15, -0.1) is 0 Å². The quantitative estimate of drug-likeness (QED) is 0.639. The zero-order valence-electron chi connectivity index (χ0n) is 11.4. The van der Waals surface area contributed by atoms with Gasteiger partial charge in [-0.2, -0.15) is 0 Å². The summed E-state index contributed by atoms with van der Waals surface area (Å²) < 4.78 is 5.21. The van der Waals surface area contributed by atoms with Crippen molar-refractivity contribution in [1.82, 2.24) is 0 Å². The summed E-state index contributed by atoms with van der Waals surface area (Å²) in [7, 11) is 0. The molecule has 1 rings (SSSR count). The van der Waals surface area contributed by atoms with E-state index < -0.39 is 11.6 Å². The molecule has 19 heavy (non-hydrogen) atoms. The summed E-state index contributed by atoms with van der Waals surface area (Å²) in [5, 5.41) is 8.77. The molecule has 0 saturated carbocycles. The highest BCUT2D eigenvalue weighted by Crippen LogP contribution is 2.17. The molecule has 0 aliphatic carbocycles. The lowest BCUT2D eigenvalue weighted by Gasteiger charge is -2.19. The summed E-state index contributed by atoms with van der Waals surface area (Å²) in [5.41, 5.74) is 6.77. The molecule has 0 aliphatic rings. The minimum absolute atomic E-state index is 0.101. The van der Waals surface area contributed by atoms with E-state index in [9.17, 15) is 9.59 Å². The molecule has 104 valence electrons. The molecule has 0 bridgehead atoms. The van der Waals surface area contributed by atoms with E-state index in [1.54, 1.807) is 39.0 Å². The third kappa shape index (κ3) is 5.42. The van der Waals surface area contributed by atoms with Crippen molar-refractivity contribution in [3.63, 3.8) is 0 Å². The molecule has 1 aromatic carbocycles. The maximum absolute atomic E-state index is 11.7. The number of esters is 1. The average Bonchev–Trinajstić information content (AvgIpc) is 2.19. The predicted octanol–water partition coefficient (Wildman–Crippen LogP) is 1.78. The fraction of sp³-hybridized carbons (Fsp3) is 0.429. The van der Waals surface area contributed by atoms with Crippen molar-refractivity contribution in [2.75, 3.05) is 5.73 Å². The highest BCUT2D eigenvalue weighted by atomic mass is 16.6. The Labute approximate surface area is 112 Å². The van der Waals surface area contributed by atoms with Crippen molar-refractivity contribution in [1.29, 1.82) is 0 Å². The van der Waals surface area contributed by atoms with Gasteiger partial charge in [0.25, 0.3) is 0 Å². The Morgan fingerprint density at radius 1 is 1.26 bits per heavy atom. The second kappa shape index (κ2) is 5.73. The summed E-state index contributed by atoms with van der Waals surface area (Å²) >= 11 is 0. The fourth-order valence-corrected chi connectivity index (χ4v) is 1.63. The lowest BCUT2D eigenvalue weighted by molar-refractivity contribution is -0.153. The summed E-state index contributed by atoms with van der Waals surface area (Å²) in [6.07, 6.45) is -0.0574. The zero-order valence-corrected chi connectivity index (χ0v) is 11.4. The van der Waals surface area contributed by atoms with Gasteiger partial charge in [-0.1, -0.05) is 12.1 Å². The highest BCUT2D eigenvalue weighted by Gasteiger charge is 2.17. The van der Waals surface area contributed by atoms with E-state index in [-0.39, 0.29) is 18.8 Å². The van der Waals surface area contributed by atoms with E-state index in [1.807, 2.05) is 0 Å². The van der Waals surface area contributed by atoms with Crippen LogP contribution >= 0.6 is 0 Å². The van der Waals surface area contributed by atoms with Crippen LogP contribution in [0.3, 0.4) is 0 Å². The molecular weight excluding hydrogens is 246 g/mol. The van der Waals surface area contributed by atoms with E-state index in [1.165, 1.54) is 0 Å². The van der Waals surface area contributed by atoms with Gasteiger partial charge in [0, 0.05) is 5.69 Å². The van der Waals surface area contributed by atoms with Gasteiger partial charge >= 0.3 is 11.9 Å². The van der Waals surface area contributed by atoms with Crippen LogP contribution in [0.4, 0.5) is 5.69 Å². The lowest BCUT2D eigenvalue weighted by atomic mass is 10.0. The second-order valence-electron chi connectivity index (χ2n) is 5.37. The maximum atomic E-state index is 11.7. The van der Waals surface area contributed by atoms with Gasteiger partial charge in [-0.3, -0.25) is 9.59 Å². The van der Waals surface area contributed by atoms with Crippen molar-refractivity contribution < 1.29 is 19.4 Å². The Bertz CT molecular complexity index is 489. The lowest BCUT2D eigenvalue weighted by Crippen LogP contribution is -2.25. The summed E-state index contributed by atoms with van der Waals surface area (Å²) in [5.74, 6) is -1.31.